The highest BCUT2D eigenvalue weighted by Crippen LogP contribution is 2.46. The Balaban J connectivity index is 1.80. The maximum Gasteiger partial charge on any atom is 0.168 e. The first-order valence-corrected chi connectivity index (χ1v) is 6.87. The van der Waals surface area contributed by atoms with Crippen LogP contribution in [0.2, 0.25) is 0 Å². The molecule has 4 heteroatoms. The number of ether oxygens (including phenoxy) is 3. The summed E-state index contributed by atoms with van der Waals surface area (Å²) in [7, 11) is 1.78. The summed E-state index contributed by atoms with van der Waals surface area (Å²) in [4.78, 5) is 0. The van der Waals surface area contributed by atoms with Crippen LogP contribution in [-0.2, 0) is 19.8 Å². The third kappa shape index (κ3) is 2.24. The predicted molar refractivity (Wildman–Crippen MR) is 72.6 cm³/mol. The van der Waals surface area contributed by atoms with Crippen molar-refractivity contribution >= 4 is 5.69 Å². The molecular formula is C15H21NO3. The Labute approximate surface area is 113 Å². The average molecular weight is 263 g/mol. The third-order valence-electron chi connectivity index (χ3n) is 4.46. The maximum atomic E-state index is 5.86. The van der Waals surface area contributed by atoms with Gasteiger partial charge in [0.05, 0.1) is 18.8 Å². The number of nitrogens with two attached hydrogens (primary N) is 1. The van der Waals surface area contributed by atoms with Crippen LogP contribution in [0.15, 0.2) is 24.3 Å². The summed E-state index contributed by atoms with van der Waals surface area (Å²) in [5, 5.41) is 0. The van der Waals surface area contributed by atoms with Crippen LogP contribution in [-0.4, -0.2) is 26.1 Å². The summed E-state index contributed by atoms with van der Waals surface area (Å²) in [5.74, 6) is -0.351. The van der Waals surface area contributed by atoms with Crippen LogP contribution >= 0.6 is 0 Å². The summed E-state index contributed by atoms with van der Waals surface area (Å²) in [6.07, 6.45) is 3.58. The van der Waals surface area contributed by atoms with Crippen LogP contribution in [0.1, 0.15) is 31.2 Å². The molecule has 1 aromatic rings. The van der Waals surface area contributed by atoms with Gasteiger partial charge in [-0.3, -0.25) is 0 Å². The summed E-state index contributed by atoms with van der Waals surface area (Å²) in [6, 6.07) is 7.99. The second-order valence-corrected chi connectivity index (χ2v) is 5.43. The molecule has 0 aromatic heterocycles. The molecule has 2 aliphatic rings. The van der Waals surface area contributed by atoms with E-state index in [1.807, 2.05) is 12.1 Å². The molecular weight excluding hydrogens is 242 g/mol. The number of nitrogen functional groups attached to an aromatic ring is 1. The van der Waals surface area contributed by atoms with E-state index < -0.39 is 0 Å². The molecule has 0 amide bonds. The molecule has 104 valence electrons. The third-order valence-corrected chi connectivity index (χ3v) is 4.46. The van der Waals surface area contributed by atoms with Gasteiger partial charge in [-0.15, -0.1) is 0 Å². The molecule has 1 spiro atoms. The van der Waals surface area contributed by atoms with Crippen LogP contribution in [0.3, 0.4) is 0 Å². The van der Waals surface area contributed by atoms with E-state index in [0.717, 1.165) is 31.4 Å². The number of hydrogen-bond donors (Lipinski definition) is 1. The molecule has 2 fully saturated rings. The Hall–Kier alpha value is -1.10. The predicted octanol–water partition coefficient (Wildman–Crippen LogP) is 2.43. The summed E-state index contributed by atoms with van der Waals surface area (Å²) >= 11 is 0. The van der Waals surface area contributed by atoms with E-state index >= 15 is 0 Å². The van der Waals surface area contributed by atoms with E-state index in [9.17, 15) is 0 Å². The van der Waals surface area contributed by atoms with E-state index in [4.69, 9.17) is 19.9 Å². The van der Waals surface area contributed by atoms with Gasteiger partial charge in [0.1, 0.15) is 0 Å². The minimum absolute atomic E-state index is 0.228. The quantitative estimate of drug-likeness (QED) is 0.833. The van der Waals surface area contributed by atoms with Crippen LogP contribution in [0.4, 0.5) is 5.69 Å². The van der Waals surface area contributed by atoms with Crippen molar-refractivity contribution in [1.82, 2.24) is 0 Å². The summed E-state index contributed by atoms with van der Waals surface area (Å²) in [5.41, 5.74) is 7.50. The van der Waals surface area contributed by atoms with Crippen LogP contribution in [0, 0.1) is 0 Å². The fourth-order valence-corrected chi connectivity index (χ4v) is 3.22. The lowest BCUT2D eigenvalue weighted by molar-refractivity contribution is -0.208. The van der Waals surface area contributed by atoms with Crippen molar-refractivity contribution in [2.75, 3.05) is 26.1 Å². The van der Waals surface area contributed by atoms with Gasteiger partial charge in [-0.25, -0.2) is 0 Å². The van der Waals surface area contributed by atoms with E-state index in [1.165, 1.54) is 5.56 Å². The van der Waals surface area contributed by atoms with Crippen molar-refractivity contribution in [2.45, 2.75) is 37.1 Å². The number of rotatable bonds is 2. The van der Waals surface area contributed by atoms with Crippen molar-refractivity contribution in [3.63, 3.8) is 0 Å². The highest BCUT2D eigenvalue weighted by Gasteiger charge is 2.47. The van der Waals surface area contributed by atoms with E-state index in [1.54, 1.807) is 7.11 Å². The molecule has 0 bridgehead atoms. The molecule has 1 saturated heterocycles. The topological polar surface area (TPSA) is 53.7 Å². The van der Waals surface area contributed by atoms with Crippen molar-refractivity contribution in [1.29, 1.82) is 0 Å². The van der Waals surface area contributed by atoms with Gasteiger partial charge >= 0.3 is 0 Å². The van der Waals surface area contributed by atoms with Gasteiger partial charge in [0.25, 0.3) is 0 Å². The van der Waals surface area contributed by atoms with Crippen molar-refractivity contribution in [2.24, 2.45) is 0 Å². The highest BCUT2D eigenvalue weighted by molar-refractivity contribution is 5.41. The van der Waals surface area contributed by atoms with E-state index in [-0.39, 0.29) is 11.4 Å². The van der Waals surface area contributed by atoms with Gasteiger partial charge in [-0.2, -0.15) is 0 Å². The summed E-state index contributed by atoms with van der Waals surface area (Å²) in [6.45, 7) is 1.42. The zero-order valence-electron chi connectivity index (χ0n) is 11.4. The number of anilines is 1. The van der Waals surface area contributed by atoms with E-state index in [2.05, 4.69) is 12.1 Å². The second-order valence-electron chi connectivity index (χ2n) is 5.43. The molecule has 0 radical (unpaired) electrons. The molecule has 4 nitrogen and oxygen atoms in total. The van der Waals surface area contributed by atoms with Crippen molar-refractivity contribution < 1.29 is 14.2 Å². The minimum Gasteiger partial charge on any atom is -0.399 e. The molecule has 0 atom stereocenters. The molecule has 1 heterocycles. The molecule has 1 aliphatic heterocycles. The molecule has 0 unspecified atom stereocenters. The SMILES string of the molecule is COC1(c2ccc(N)cc2)CCC2(CC1)OCCO2. The molecule has 3 rings (SSSR count). The smallest absolute Gasteiger partial charge is 0.168 e. The monoisotopic (exact) mass is 263 g/mol. The van der Waals surface area contributed by atoms with Gasteiger partial charge in [0, 0.05) is 25.6 Å². The lowest BCUT2D eigenvalue weighted by Crippen LogP contribution is -2.43. The van der Waals surface area contributed by atoms with Crippen molar-refractivity contribution in [3.8, 4) is 0 Å². The Morgan fingerprint density at radius 3 is 2.11 bits per heavy atom. The Morgan fingerprint density at radius 1 is 1.00 bits per heavy atom. The average Bonchev–Trinajstić information content (AvgIpc) is 2.90. The van der Waals surface area contributed by atoms with Crippen molar-refractivity contribution in [3.05, 3.63) is 29.8 Å². The zero-order chi connectivity index (χ0) is 13.3. The van der Waals surface area contributed by atoms with Crippen LogP contribution in [0.25, 0.3) is 0 Å². The fraction of sp³-hybridized carbons (Fsp3) is 0.600. The lowest BCUT2D eigenvalue weighted by atomic mass is 9.77. The number of methoxy groups -OCH3 is 1. The molecule has 1 aliphatic carbocycles. The largest absolute Gasteiger partial charge is 0.399 e. The van der Waals surface area contributed by atoms with Gasteiger partial charge in [0.2, 0.25) is 0 Å². The standard InChI is InChI=1S/C15H21NO3/c1-17-14(12-2-4-13(16)5-3-12)6-8-15(9-7-14)18-10-11-19-15/h2-5H,6-11,16H2,1H3. The first kappa shape index (κ1) is 12.9. The molecule has 1 saturated carbocycles. The highest BCUT2D eigenvalue weighted by atomic mass is 16.7. The van der Waals surface area contributed by atoms with Gasteiger partial charge in [-0.1, -0.05) is 12.1 Å². The minimum atomic E-state index is -0.351. The number of hydrogen-bond acceptors (Lipinski definition) is 4. The Morgan fingerprint density at radius 2 is 1.58 bits per heavy atom. The van der Waals surface area contributed by atoms with Gasteiger partial charge in [-0.05, 0) is 30.5 Å². The summed E-state index contributed by atoms with van der Waals surface area (Å²) < 4.78 is 17.4. The first-order valence-electron chi connectivity index (χ1n) is 6.87. The second kappa shape index (κ2) is 4.78. The Bertz CT molecular complexity index is 427. The lowest BCUT2D eigenvalue weighted by Gasteiger charge is -2.43. The Kier molecular flexibility index (Phi) is 3.25. The zero-order valence-corrected chi connectivity index (χ0v) is 11.4. The van der Waals surface area contributed by atoms with E-state index in [0.29, 0.717) is 13.2 Å². The first-order chi connectivity index (χ1) is 9.18. The normalized spacial score (nSPS) is 24.7. The molecule has 2 N–H and O–H groups in total. The maximum absolute atomic E-state index is 5.86. The van der Waals surface area contributed by atoms with Gasteiger partial charge in [0.15, 0.2) is 5.79 Å². The molecule has 1 aromatic carbocycles. The van der Waals surface area contributed by atoms with Crippen LogP contribution in [0.5, 0.6) is 0 Å². The number of benzene rings is 1. The fourth-order valence-electron chi connectivity index (χ4n) is 3.22. The van der Waals surface area contributed by atoms with Crippen LogP contribution < -0.4 is 5.73 Å². The van der Waals surface area contributed by atoms with Gasteiger partial charge < -0.3 is 19.9 Å². The molecule has 19 heavy (non-hydrogen) atoms.